The maximum Gasteiger partial charge on any atom is 0.225 e. The average molecular weight is 588 g/mol. The summed E-state index contributed by atoms with van der Waals surface area (Å²) in [4.78, 5) is 27.4. The number of aryl methyl sites for hydroxylation is 1. The van der Waals surface area contributed by atoms with Crippen LogP contribution in [0.2, 0.25) is 0 Å². The Morgan fingerprint density at radius 1 is 0.614 bits per heavy atom. The number of fused-ring (bicyclic) bond motifs is 2. The van der Waals surface area contributed by atoms with E-state index in [0.717, 1.165) is 57.8 Å². The predicted octanol–water partition coefficient (Wildman–Crippen LogP) is 7.89. The van der Waals surface area contributed by atoms with Crippen LogP contribution in [-0.4, -0.2) is 37.2 Å². The van der Waals surface area contributed by atoms with Crippen LogP contribution in [-0.2, 0) is 16.0 Å². The lowest BCUT2D eigenvalue weighted by molar-refractivity contribution is -0.117. The van der Waals surface area contributed by atoms with Crippen LogP contribution in [0.5, 0.6) is 0 Å². The van der Waals surface area contributed by atoms with Gasteiger partial charge in [-0.25, -0.2) is 0 Å². The van der Waals surface area contributed by atoms with E-state index in [9.17, 15) is 9.59 Å². The molecule has 9 heteroatoms. The van der Waals surface area contributed by atoms with Crippen LogP contribution in [0.1, 0.15) is 52.0 Å². The van der Waals surface area contributed by atoms with E-state index in [0.29, 0.717) is 24.5 Å². The number of hydrogen-bond acceptors (Lipinski definition) is 5. The van der Waals surface area contributed by atoms with Crippen LogP contribution in [0.25, 0.3) is 44.1 Å². The molecule has 3 aromatic heterocycles. The molecule has 0 aliphatic heterocycles. The van der Waals surface area contributed by atoms with Crippen molar-refractivity contribution in [2.45, 2.75) is 52.9 Å². The summed E-state index contributed by atoms with van der Waals surface area (Å²) in [5.74, 6) is 1.18. The number of aromatic nitrogens is 5. The molecule has 3 heterocycles. The van der Waals surface area contributed by atoms with E-state index in [1.165, 1.54) is 11.1 Å². The molecular weight excluding hydrogens is 550 g/mol. The normalized spacial score (nSPS) is 10.8. The highest BCUT2D eigenvalue weighted by molar-refractivity contribution is 6.01. The molecule has 0 saturated heterocycles. The van der Waals surface area contributed by atoms with E-state index in [4.69, 9.17) is 0 Å². The summed E-state index contributed by atoms with van der Waals surface area (Å²) in [5, 5.41) is 21.9. The molecule has 0 spiro atoms. The van der Waals surface area contributed by atoms with E-state index in [-0.39, 0.29) is 11.8 Å². The molecule has 0 bridgehead atoms. The molecule has 6 rings (SSSR count). The van der Waals surface area contributed by atoms with Crippen molar-refractivity contribution in [2.24, 2.45) is 0 Å². The van der Waals surface area contributed by atoms with Gasteiger partial charge < -0.3 is 10.6 Å². The number of amides is 2. The highest BCUT2D eigenvalue weighted by Gasteiger charge is 2.11. The van der Waals surface area contributed by atoms with Gasteiger partial charge in [0.1, 0.15) is 0 Å². The lowest BCUT2D eigenvalue weighted by Crippen LogP contribution is -2.10. The standard InChI is InChI=1S/C19H21N3O.C16H16N4O/c1-3-5-18(23)20-19-16-11-10-15(12-17(16)21-22-19)14-8-6-13(4-2)7-9-14;1-2-3-15(21)18-16-13-5-4-12(10-14(13)19-20-16)11-6-8-17-9-7-11/h6-12H,3-5H2,1-2H3,(H2,20,21,22,23);4-10H,2-3H2,1H3,(H2,18,19,20,21). The van der Waals surface area contributed by atoms with Crippen LogP contribution >= 0.6 is 0 Å². The van der Waals surface area contributed by atoms with Crippen molar-refractivity contribution in [3.8, 4) is 22.3 Å². The zero-order valence-corrected chi connectivity index (χ0v) is 25.3. The smallest absolute Gasteiger partial charge is 0.225 e. The number of nitrogens with one attached hydrogen (secondary N) is 4. The molecule has 0 atom stereocenters. The third kappa shape index (κ3) is 7.18. The topological polar surface area (TPSA) is 128 Å². The number of H-pyrrole nitrogens is 2. The second-order valence-electron chi connectivity index (χ2n) is 10.5. The second-order valence-corrected chi connectivity index (χ2v) is 10.5. The van der Waals surface area contributed by atoms with E-state index in [1.54, 1.807) is 12.4 Å². The van der Waals surface area contributed by atoms with Crippen molar-refractivity contribution in [3.05, 3.63) is 90.8 Å². The van der Waals surface area contributed by atoms with Crippen molar-refractivity contribution in [1.82, 2.24) is 25.4 Å². The Kier molecular flexibility index (Phi) is 9.76. The van der Waals surface area contributed by atoms with Gasteiger partial charge in [0.15, 0.2) is 11.6 Å². The molecule has 0 fully saturated rings. The Morgan fingerprint density at radius 2 is 1.07 bits per heavy atom. The number of aromatic amines is 2. The van der Waals surface area contributed by atoms with E-state index < -0.39 is 0 Å². The number of carbonyl (C=O) groups excluding carboxylic acids is 2. The first-order chi connectivity index (χ1) is 21.5. The monoisotopic (exact) mass is 587 g/mol. The van der Waals surface area contributed by atoms with Gasteiger partial charge in [-0.15, -0.1) is 0 Å². The molecular formula is C35H37N7O2. The first kappa shape index (κ1) is 30.2. The highest BCUT2D eigenvalue weighted by Crippen LogP contribution is 2.28. The summed E-state index contributed by atoms with van der Waals surface area (Å²) >= 11 is 0. The number of benzene rings is 3. The summed E-state index contributed by atoms with van der Waals surface area (Å²) in [6.07, 6.45) is 7.23. The summed E-state index contributed by atoms with van der Waals surface area (Å²) in [6.45, 7) is 6.11. The number of hydrogen-bond donors (Lipinski definition) is 4. The fraction of sp³-hybridized carbons (Fsp3) is 0.229. The average Bonchev–Trinajstić information content (AvgIpc) is 3.65. The van der Waals surface area contributed by atoms with E-state index in [1.807, 2.05) is 50.2 Å². The van der Waals surface area contributed by atoms with Gasteiger partial charge >= 0.3 is 0 Å². The molecule has 9 nitrogen and oxygen atoms in total. The van der Waals surface area contributed by atoms with Crippen LogP contribution in [0.4, 0.5) is 11.6 Å². The van der Waals surface area contributed by atoms with Crippen LogP contribution in [0, 0.1) is 0 Å². The first-order valence-electron chi connectivity index (χ1n) is 15.0. The van der Waals surface area contributed by atoms with Crippen molar-refractivity contribution in [2.75, 3.05) is 10.6 Å². The Morgan fingerprint density at radius 3 is 1.52 bits per heavy atom. The van der Waals surface area contributed by atoms with Gasteiger partial charge in [0, 0.05) is 36.0 Å². The number of anilines is 2. The van der Waals surface area contributed by atoms with E-state index in [2.05, 4.69) is 79.3 Å². The van der Waals surface area contributed by atoms with Crippen LogP contribution < -0.4 is 10.6 Å². The third-order valence-corrected chi connectivity index (χ3v) is 7.30. The third-order valence-electron chi connectivity index (χ3n) is 7.30. The fourth-order valence-electron chi connectivity index (χ4n) is 4.91. The highest BCUT2D eigenvalue weighted by atomic mass is 16.2. The van der Waals surface area contributed by atoms with Crippen molar-refractivity contribution in [3.63, 3.8) is 0 Å². The van der Waals surface area contributed by atoms with Gasteiger partial charge in [-0.1, -0.05) is 57.2 Å². The van der Waals surface area contributed by atoms with Crippen molar-refractivity contribution >= 4 is 45.3 Å². The number of pyridine rings is 1. The SMILES string of the molecule is CCCC(=O)Nc1n[nH]c2cc(-c3ccc(CC)cc3)ccc12.CCCC(=O)Nc1n[nH]c2cc(-c3ccncc3)ccc12. The Bertz CT molecular complexity index is 1860. The van der Waals surface area contributed by atoms with Crippen LogP contribution in [0.15, 0.2) is 85.2 Å². The largest absolute Gasteiger partial charge is 0.309 e. The molecule has 0 radical (unpaired) electrons. The molecule has 0 unspecified atom stereocenters. The molecule has 0 saturated carbocycles. The zero-order chi connectivity index (χ0) is 30.9. The van der Waals surface area contributed by atoms with Gasteiger partial charge in [0.2, 0.25) is 11.8 Å². The maximum absolute atomic E-state index is 11.7. The van der Waals surface area contributed by atoms with Crippen molar-refractivity contribution in [1.29, 1.82) is 0 Å². The molecule has 224 valence electrons. The van der Waals surface area contributed by atoms with Gasteiger partial charge in [-0.2, -0.15) is 10.2 Å². The zero-order valence-electron chi connectivity index (χ0n) is 25.3. The molecule has 0 aliphatic rings. The Labute approximate surface area is 256 Å². The van der Waals surface area contributed by atoms with Gasteiger partial charge in [-0.3, -0.25) is 24.8 Å². The maximum atomic E-state index is 11.7. The summed E-state index contributed by atoms with van der Waals surface area (Å²) < 4.78 is 0. The summed E-state index contributed by atoms with van der Waals surface area (Å²) in [6, 6.07) is 24.7. The Hall–Kier alpha value is -5.31. The lowest BCUT2D eigenvalue weighted by atomic mass is 10.0. The van der Waals surface area contributed by atoms with E-state index >= 15 is 0 Å². The molecule has 2 amide bonds. The minimum atomic E-state index is -0.0101. The summed E-state index contributed by atoms with van der Waals surface area (Å²) in [5.41, 5.74) is 7.64. The van der Waals surface area contributed by atoms with Gasteiger partial charge in [-0.05, 0) is 83.5 Å². The lowest BCUT2D eigenvalue weighted by Gasteiger charge is -2.04. The minimum Gasteiger partial charge on any atom is -0.309 e. The molecule has 0 aliphatic carbocycles. The molecule has 3 aromatic carbocycles. The molecule has 6 aromatic rings. The Balaban J connectivity index is 0.000000175. The van der Waals surface area contributed by atoms with Crippen molar-refractivity contribution < 1.29 is 9.59 Å². The van der Waals surface area contributed by atoms with Gasteiger partial charge in [0.05, 0.1) is 11.0 Å². The molecule has 44 heavy (non-hydrogen) atoms. The minimum absolute atomic E-state index is 0.000121. The second kappa shape index (κ2) is 14.2. The van der Waals surface area contributed by atoms with Gasteiger partial charge in [0.25, 0.3) is 0 Å². The summed E-state index contributed by atoms with van der Waals surface area (Å²) in [7, 11) is 0. The quantitative estimate of drug-likeness (QED) is 0.137. The number of nitrogens with zero attached hydrogens (tertiary/aromatic N) is 3. The number of rotatable bonds is 9. The predicted molar refractivity (Wildman–Crippen MR) is 177 cm³/mol. The van der Waals surface area contributed by atoms with Crippen LogP contribution in [0.3, 0.4) is 0 Å². The number of carbonyl (C=O) groups is 2. The molecule has 4 N–H and O–H groups in total. The fourth-order valence-corrected chi connectivity index (χ4v) is 4.91. The first-order valence-corrected chi connectivity index (χ1v) is 15.0.